The first-order chi connectivity index (χ1) is 10.2. The Morgan fingerprint density at radius 2 is 1.95 bits per heavy atom. The molecule has 106 valence electrons. The summed E-state index contributed by atoms with van der Waals surface area (Å²) in [5, 5.41) is 2.98. The molecule has 0 aliphatic heterocycles. The van der Waals surface area contributed by atoms with Gasteiger partial charge in [0.1, 0.15) is 5.82 Å². The van der Waals surface area contributed by atoms with E-state index in [4.69, 9.17) is 10.2 Å². The predicted molar refractivity (Wildman–Crippen MR) is 79.5 cm³/mol. The SMILES string of the molecule is NCc1cccc(-c2cnc(Nc3ccc(F)cc3)o2)c1. The van der Waals surface area contributed by atoms with E-state index in [1.165, 1.54) is 12.1 Å². The highest BCUT2D eigenvalue weighted by molar-refractivity contribution is 5.60. The van der Waals surface area contributed by atoms with Gasteiger partial charge in [0, 0.05) is 17.8 Å². The Balaban J connectivity index is 1.81. The predicted octanol–water partition coefficient (Wildman–Crippen LogP) is 3.68. The van der Waals surface area contributed by atoms with Crippen molar-refractivity contribution in [2.45, 2.75) is 6.54 Å². The van der Waals surface area contributed by atoms with E-state index in [1.54, 1.807) is 18.3 Å². The molecular formula is C16H14FN3O. The third-order valence-corrected chi connectivity index (χ3v) is 3.05. The zero-order valence-corrected chi connectivity index (χ0v) is 11.2. The van der Waals surface area contributed by atoms with E-state index >= 15 is 0 Å². The molecule has 0 amide bonds. The van der Waals surface area contributed by atoms with Gasteiger partial charge in [-0.05, 0) is 35.9 Å². The zero-order chi connectivity index (χ0) is 14.7. The average Bonchev–Trinajstić information content (AvgIpc) is 2.98. The molecule has 0 aliphatic rings. The van der Waals surface area contributed by atoms with E-state index in [9.17, 15) is 4.39 Å². The Hall–Kier alpha value is -2.66. The van der Waals surface area contributed by atoms with Crippen LogP contribution in [-0.2, 0) is 6.54 Å². The van der Waals surface area contributed by atoms with Gasteiger partial charge in [-0.25, -0.2) is 9.37 Å². The monoisotopic (exact) mass is 283 g/mol. The van der Waals surface area contributed by atoms with Crippen LogP contribution < -0.4 is 11.1 Å². The summed E-state index contributed by atoms with van der Waals surface area (Å²) in [6, 6.07) is 14.1. The van der Waals surface area contributed by atoms with Crippen LogP contribution in [0.2, 0.25) is 0 Å². The first kappa shape index (κ1) is 13.3. The maximum Gasteiger partial charge on any atom is 0.299 e. The smallest absolute Gasteiger partial charge is 0.299 e. The molecule has 2 aromatic carbocycles. The van der Waals surface area contributed by atoms with Gasteiger partial charge in [0.2, 0.25) is 0 Å². The number of rotatable bonds is 4. The largest absolute Gasteiger partial charge is 0.423 e. The Labute approximate surface area is 121 Å². The number of nitrogens with zero attached hydrogens (tertiary/aromatic N) is 1. The topological polar surface area (TPSA) is 64.1 Å². The fourth-order valence-electron chi connectivity index (χ4n) is 1.97. The summed E-state index contributed by atoms with van der Waals surface area (Å²) in [6.45, 7) is 0.475. The van der Waals surface area contributed by atoms with Crippen LogP contribution in [0.3, 0.4) is 0 Å². The van der Waals surface area contributed by atoms with Crippen molar-refractivity contribution in [3.63, 3.8) is 0 Å². The number of nitrogens with two attached hydrogens (primary N) is 1. The van der Waals surface area contributed by atoms with Crippen molar-refractivity contribution >= 4 is 11.7 Å². The Morgan fingerprint density at radius 3 is 2.71 bits per heavy atom. The van der Waals surface area contributed by atoms with Crippen molar-refractivity contribution in [1.82, 2.24) is 4.98 Å². The zero-order valence-electron chi connectivity index (χ0n) is 11.2. The van der Waals surface area contributed by atoms with Crippen LogP contribution in [0.1, 0.15) is 5.56 Å². The molecule has 1 heterocycles. The number of benzene rings is 2. The Morgan fingerprint density at radius 1 is 1.14 bits per heavy atom. The summed E-state index contributed by atoms with van der Waals surface area (Å²) in [5.41, 5.74) is 8.28. The molecule has 0 bridgehead atoms. The molecule has 3 aromatic rings. The van der Waals surface area contributed by atoms with Crippen LogP contribution in [0.15, 0.2) is 59.1 Å². The number of hydrogen-bond donors (Lipinski definition) is 2. The maximum absolute atomic E-state index is 12.8. The quantitative estimate of drug-likeness (QED) is 0.766. The highest BCUT2D eigenvalue weighted by Crippen LogP contribution is 2.25. The van der Waals surface area contributed by atoms with E-state index in [1.807, 2.05) is 24.3 Å². The van der Waals surface area contributed by atoms with Crippen molar-refractivity contribution in [1.29, 1.82) is 0 Å². The molecular weight excluding hydrogens is 269 g/mol. The number of oxazole rings is 1. The van der Waals surface area contributed by atoms with Gasteiger partial charge < -0.3 is 15.5 Å². The molecule has 3 N–H and O–H groups in total. The minimum atomic E-state index is -0.285. The third kappa shape index (κ3) is 3.09. The number of aromatic nitrogens is 1. The molecule has 0 unspecified atom stereocenters. The highest BCUT2D eigenvalue weighted by atomic mass is 19.1. The van der Waals surface area contributed by atoms with Crippen molar-refractivity contribution in [2.24, 2.45) is 5.73 Å². The van der Waals surface area contributed by atoms with Crippen molar-refractivity contribution < 1.29 is 8.81 Å². The van der Waals surface area contributed by atoms with Crippen LogP contribution in [0.5, 0.6) is 0 Å². The standard InChI is InChI=1S/C16H14FN3O/c17-13-4-6-14(7-5-13)20-16-19-10-15(21-16)12-3-1-2-11(8-12)9-18/h1-8,10H,9,18H2,(H,19,20). The van der Waals surface area contributed by atoms with Gasteiger partial charge in [0.25, 0.3) is 6.01 Å². The lowest BCUT2D eigenvalue weighted by Crippen LogP contribution is -1.95. The van der Waals surface area contributed by atoms with Crippen LogP contribution in [-0.4, -0.2) is 4.98 Å². The van der Waals surface area contributed by atoms with E-state index in [0.29, 0.717) is 24.0 Å². The lowest BCUT2D eigenvalue weighted by Gasteiger charge is -2.02. The number of anilines is 2. The molecule has 0 saturated heterocycles. The molecule has 0 atom stereocenters. The van der Waals surface area contributed by atoms with Crippen LogP contribution in [0.4, 0.5) is 16.1 Å². The molecule has 5 heteroatoms. The van der Waals surface area contributed by atoms with Gasteiger partial charge in [-0.2, -0.15) is 0 Å². The lowest BCUT2D eigenvalue weighted by molar-refractivity contribution is 0.591. The first-order valence-corrected chi connectivity index (χ1v) is 6.52. The van der Waals surface area contributed by atoms with Gasteiger partial charge in [-0.1, -0.05) is 18.2 Å². The van der Waals surface area contributed by atoms with E-state index in [-0.39, 0.29) is 5.82 Å². The molecule has 4 nitrogen and oxygen atoms in total. The second-order valence-corrected chi connectivity index (χ2v) is 4.57. The van der Waals surface area contributed by atoms with E-state index in [0.717, 1.165) is 11.1 Å². The van der Waals surface area contributed by atoms with Gasteiger partial charge in [-0.3, -0.25) is 0 Å². The van der Waals surface area contributed by atoms with Crippen LogP contribution in [0, 0.1) is 5.82 Å². The molecule has 0 aliphatic carbocycles. The average molecular weight is 283 g/mol. The van der Waals surface area contributed by atoms with Gasteiger partial charge >= 0.3 is 0 Å². The van der Waals surface area contributed by atoms with Crippen molar-refractivity contribution in [2.75, 3.05) is 5.32 Å². The van der Waals surface area contributed by atoms with Gasteiger partial charge in [0.15, 0.2) is 5.76 Å². The fraction of sp³-hybridized carbons (Fsp3) is 0.0625. The van der Waals surface area contributed by atoms with E-state index < -0.39 is 0 Å². The molecule has 1 aromatic heterocycles. The molecule has 0 radical (unpaired) electrons. The first-order valence-electron chi connectivity index (χ1n) is 6.52. The normalized spacial score (nSPS) is 10.6. The van der Waals surface area contributed by atoms with Crippen LogP contribution >= 0.6 is 0 Å². The fourth-order valence-corrected chi connectivity index (χ4v) is 1.97. The van der Waals surface area contributed by atoms with E-state index in [2.05, 4.69) is 10.3 Å². The summed E-state index contributed by atoms with van der Waals surface area (Å²) in [7, 11) is 0. The summed E-state index contributed by atoms with van der Waals surface area (Å²) in [6.07, 6.45) is 1.64. The van der Waals surface area contributed by atoms with Crippen LogP contribution in [0.25, 0.3) is 11.3 Å². The third-order valence-electron chi connectivity index (χ3n) is 3.05. The number of hydrogen-bond acceptors (Lipinski definition) is 4. The maximum atomic E-state index is 12.8. The second kappa shape index (κ2) is 5.76. The minimum absolute atomic E-state index is 0.285. The second-order valence-electron chi connectivity index (χ2n) is 4.57. The summed E-state index contributed by atoms with van der Waals surface area (Å²) in [5.74, 6) is 0.363. The summed E-state index contributed by atoms with van der Waals surface area (Å²) < 4.78 is 18.5. The molecule has 0 saturated carbocycles. The Bertz CT molecular complexity index is 737. The molecule has 21 heavy (non-hydrogen) atoms. The van der Waals surface area contributed by atoms with Gasteiger partial charge in [0.05, 0.1) is 6.20 Å². The summed E-state index contributed by atoms with van der Waals surface area (Å²) in [4.78, 5) is 4.16. The highest BCUT2D eigenvalue weighted by Gasteiger charge is 2.07. The lowest BCUT2D eigenvalue weighted by atomic mass is 10.1. The molecule has 0 fully saturated rings. The Kier molecular flexibility index (Phi) is 3.66. The minimum Gasteiger partial charge on any atom is -0.423 e. The van der Waals surface area contributed by atoms with Gasteiger partial charge in [-0.15, -0.1) is 0 Å². The number of nitrogens with one attached hydrogen (secondary N) is 1. The molecule has 3 rings (SSSR count). The summed E-state index contributed by atoms with van der Waals surface area (Å²) >= 11 is 0. The van der Waals surface area contributed by atoms with Crippen molar-refractivity contribution in [3.05, 3.63) is 66.1 Å². The van der Waals surface area contributed by atoms with Crippen molar-refractivity contribution in [3.8, 4) is 11.3 Å². The molecule has 0 spiro atoms. The number of halogens is 1.